The van der Waals surface area contributed by atoms with Crippen LogP contribution in [-0.2, 0) is 14.3 Å². The Morgan fingerprint density at radius 1 is 1.07 bits per heavy atom. The van der Waals surface area contributed by atoms with Gasteiger partial charge in [0.1, 0.15) is 42.2 Å². The molecule has 0 saturated carbocycles. The van der Waals surface area contributed by atoms with E-state index in [9.17, 15) is 20.1 Å². The van der Waals surface area contributed by atoms with Gasteiger partial charge in [-0.2, -0.15) is 0 Å². The first-order chi connectivity index (χ1) is 19.8. The van der Waals surface area contributed by atoms with Crippen LogP contribution in [0.3, 0.4) is 0 Å². The molecule has 12 heteroatoms. The quantitative estimate of drug-likeness (QED) is 0.259. The van der Waals surface area contributed by atoms with E-state index in [0.29, 0.717) is 6.61 Å². The highest BCUT2D eigenvalue weighted by Gasteiger charge is 2.50. The lowest BCUT2D eigenvalue weighted by atomic mass is 9.92. The summed E-state index contributed by atoms with van der Waals surface area (Å²) in [4.78, 5) is 25.1. The van der Waals surface area contributed by atoms with Crippen molar-refractivity contribution in [3.63, 3.8) is 0 Å². The van der Waals surface area contributed by atoms with Crippen LogP contribution in [0.2, 0.25) is 0 Å². The average molecular weight is 603 g/mol. The minimum Gasteiger partial charge on any atom is -0.388 e. The molecule has 3 aliphatic heterocycles. The second-order valence-electron chi connectivity index (χ2n) is 10.8. The molecule has 41 heavy (non-hydrogen) atoms. The van der Waals surface area contributed by atoms with Gasteiger partial charge in [0.25, 0.3) is 0 Å². The number of hydrogen-bond donors (Lipinski definition) is 4. The van der Waals surface area contributed by atoms with Crippen LogP contribution in [0.25, 0.3) is 11.1 Å². The van der Waals surface area contributed by atoms with Crippen LogP contribution in [0.15, 0.2) is 60.0 Å². The fraction of sp³-hybridized carbons (Fsp3) is 0.552. The number of aromatic nitrogens is 2. The second kappa shape index (κ2) is 13.5. The summed E-state index contributed by atoms with van der Waals surface area (Å²) in [6.07, 6.45) is 6.47. The Morgan fingerprint density at radius 2 is 1.80 bits per heavy atom. The van der Waals surface area contributed by atoms with E-state index in [1.165, 1.54) is 29.9 Å². The molecule has 2 fully saturated rings. The zero-order valence-corrected chi connectivity index (χ0v) is 24.9. The van der Waals surface area contributed by atoms with Crippen LogP contribution in [0.4, 0.5) is 0 Å². The van der Waals surface area contributed by atoms with Crippen molar-refractivity contribution in [1.29, 1.82) is 0 Å². The molecule has 4 N–H and O–H groups in total. The summed E-state index contributed by atoms with van der Waals surface area (Å²) >= 11 is 2.78. The zero-order valence-electron chi connectivity index (χ0n) is 23.3. The highest BCUT2D eigenvalue weighted by molar-refractivity contribution is 8.00. The summed E-state index contributed by atoms with van der Waals surface area (Å²) in [5.74, 6) is -0.00136. The standard InChI is InChI=1S/C29H38N4O6S2/c1-16(41-20-9-7-17(8-10-20)19-12-30-15-31-13-19)21(27-24(35)23(34)25(36)29(39-27)40-3)32-28(37)22-26-18(14-33(22)2)6-4-5-11-38-26/h4-5,7-10,12-13,15-16,18,21-27,29,34-36H,6,11,14H2,1-3H3,(H,32,37)/t16-,18-,21?,22-,23?,24?,25+,26+,27+,29?/m0/s1. The molecule has 0 bridgehead atoms. The minimum atomic E-state index is -1.41. The number of aliphatic hydroxyl groups is 3. The lowest BCUT2D eigenvalue weighted by Crippen LogP contribution is -2.65. The molecule has 1 aromatic carbocycles. The van der Waals surface area contributed by atoms with Crippen LogP contribution in [-0.4, -0.2) is 116 Å². The van der Waals surface area contributed by atoms with Crippen molar-refractivity contribution in [3.05, 3.63) is 55.1 Å². The fourth-order valence-electron chi connectivity index (χ4n) is 5.93. The second-order valence-corrected chi connectivity index (χ2v) is 13.2. The highest BCUT2D eigenvalue weighted by atomic mass is 32.2. The lowest BCUT2D eigenvalue weighted by molar-refractivity contribution is -0.205. The Balaban J connectivity index is 1.38. The van der Waals surface area contributed by atoms with E-state index < -0.39 is 41.9 Å². The molecule has 222 valence electrons. The minimum absolute atomic E-state index is 0.211. The third-order valence-electron chi connectivity index (χ3n) is 8.11. The van der Waals surface area contributed by atoms with Gasteiger partial charge in [0.15, 0.2) is 0 Å². The van der Waals surface area contributed by atoms with Crippen LogP contribution >= 0.6 is 23.5 Å². The average Bonchev–Trinajstić information content (AvgIpc) is 3.13. The van der Waals surface area contributed by atoms with Crippen molar-refractivity contribution < 1.29 is 29.6 Å². The maximum atomic E-state index is 13.9. The topological polar surface area (TPSA) is 137 Å². The van der Waals surface area contributed by atoms with Crippen molar-refractivity contribution in [1.82, 2.24) is 20.2 Å². The number of fused-ring (bicyclic) bond motifs is 1. The van der Waals surface area contributed by atoms with Gasteiger partial charge in [-0.3, -0.25) is 9.69 Å². The number of nitrogens with zero attached hydrogens (tertiary/aromatic N) is 3. The van der Waals surface area contributed by atoms with Gasteiger partial charge in [-0.1, -0.05) is 31.2 Å². The summed E-state index contributed by atoms with van der Waals surface area (Å²) in [5.41, 5.74) is 1.14. The Hall–Kier alpha value is -2.03. The molecule has 1 aromatic heterocycles. The van der Waals surface area contributed by atoms with Gasteiger partial charge in [0.05, 0.1) is 18.8 Å². The number of rotatable bonds is 8. The molecule has 0 spiro atoms. The van der Waals surface area contributed by atoms with Gasteiger partial charge in [-0.25, -0.2) is 9.97 Å². The van der Waals surface area contributed by atoms with Crippen molar-refractivity contribution in [2.24, 2.45) is 5.92 Å². The molecular formula is C29H38N4O6S2. The Kier molecular flexibility index (Phi) is 10.0. The van der Waals surface area contributed by atoms with Crippen molar-refractivity contribution in [2.45, 2.75) is 71.5 Å². The SMILES string of the molecule is CSC1O[C@H](C(NC(=O)[C@@H]2[C@@H]3OCC=CC[C@H]3CN2C)[C@H](C)Sc2ccc(-c3cncnc3)cc2)C(O)C(O)[C@H]1O. The van der Waals surface area contributed by atoms with Crippen LogP contribution in [0.1, 0.15) is 13.3 Å². The number of carbonyl (C=O) groups is 1. The van der Waals surface area contributed by atoms with E-state index in [1.807, 2.05) is 49.2 Å². The van der Waals surface area contributed by atoms with Crippen molar-refractivity contribution in [3.8, 4) is 11.1 Å². The van der Waals surface area contributed by atoms with Gasteiger partial charge < -0.3 is 30.1 Å². The first-order valence-corrected chi connectivity index (χ1v) is 16.0. The molecule has 10 nitrogen and oxygen atoms in total. The largest absolute Gasteiger partial charge is 0.388 e. The normalized spacial score (nSPS) is 33.5. The predicted octanol–water partition coefficient (Wildman–Crippen LogP) is 1.55. The molecule has 2 aromatic rings. The monoisotopic (exact) mass is 602 g/mol. The molecule has 2 saturated heterocycles. The molecular weight excluding hydrogens is 564 g/mol. The van der Waals surface area contributed by atoms with Crippen molar-refractivity contribution >= 4 is 29.4 Å². The summed E-state index contributed by atoms with van der Waals surface area (Å²) in [5, 5.41) is 35.1. The van der Waals surface area contributed by atoms with E-state index >= 15 is 0 Å². The Morgan fingerprint density at radius 3 is 2.51 bits per heavy atom. The number of thioether (sulfide) groups is 2. The molecule has 0 aliphatic carbocycles. The molecule has 1 amide bonds. The van der Waals surface area contributed by atoms with E-state index in [2.05, 4.69) is 21.4 Å². The van der Waals surface area contributed by atoms with Gasteiger partial charge in [-0.15, -0.1) is 23.5 Å². The number of likely N-dealkylation sites (N-methyl/N-ethyl adjacent to an activating group) is 1. The number of nitrogens with one attached hydrogen (secondary N) is 1. The number of carbonyl (C=O) groups excluding carboxylic acids is 1. The van der Waals surface area contributed by atoms with Crippen LogP contribution in [0, 0.1) is 5.92 Å². The molecule has 4 heterocycles. The fourth-order valence-corrected chi connectivity index (χ4v) is 7.70. The van der Waals surface area contributed by atoms with E-state index in [1.54, 1.807) is 18.6 Å². The highest BCUT2D eigenvalue weighted by Crippen LogP contribution is 2.35. The number of ether oxygens (including phenoxy) is 2. The molecule has 4 unspecified atom stereocenters. The number of aliphatic hydroxyl groups excluding tert-OH is 3. The smallest absolute Gasteiger partial charge is 0.240 e. The number of hydrogen-bond acceptors (Lipinski definition) is 11. The first-order valence-electron chi connectivity index (χ1n) is 13.8. The third-order valence-corrected chi connectivity index (χ3v) is 10.2. The van der Waals surface area contributed by atoms with E-state index in [-0.39, 0.29) is 23.2 Å². The lowest BCUT2D eigenvalue weighted by Gasteiger charge is -2.45. The summed E-state index contributed by atoms with van der Waals surface area (Å²) in [6, 6.07) is 6.78. The van der Waals surface area contributed by atoms with E-state index in [4.69, 9.17) is 9.47 Å². The first kappa shape index (κ1) is 30.4. The van der Waals surface area contributed by atoms with Crippen LogP contribution < -0.4 is 5.32 Å². The molecule has 0 radical (unpaired) electrons. The maximum Gasteiger partial charge on any atom is 0.240 e. The van der Waals surface area contributed by atoms with Gasteiger partial charge in [-0.05, 0) is 37.4 Å². The zero-order chi connectivity index (χ0) is 29.1. The molecule has 3 aliphatic rings. The van der Waals surface area contributed by atoms with Gasteiger partial charge >= 0.3 is 0 Å². The van der Waals surface area contributed by atoms with Gasteiger partial charge in [0.2, 0.25) is 5.91 Å². The third kappa shape index (κ3) is 6.65. The number of benzene rings is 1. The Labute approximate surface area is 248 Å². The predicted molar refractivity (Wildman–Crippen MR) is 158 cm³/mol. The summed E-state index contributed by atoms with van der Waals surface area (Å²) in [6.45, 7) is 3.16. The number of amides is 1. The van der Waals surface area contributed by atoms with Gasteiger partial charge in [0, 0.05) is 40.6 Å². The number of likely N-dealkylation sites (tertiary alicyclic amines) is 1. The van der Waals surface area contributed by atoms with E-state index in [0.717, 1.165) is 29.0 Å². The van der Waals surface area contributed by atoms with Crippen LogP contribution in [0.5, 0.6) is 0 Å². The molecule has 10 atom stereocenters. The van der Waals surface area contributed by atoms with Crippen molar-refractivity contribution in [2.75, 3.05) is 26.5 Å². The summed E-state index contributed by atoms with van der Waals surface area (Å²) < 4.78 is 12.2. The Bertz CT molecular complexity index is 1190. The number of allylic oxidation sites excluding steroid dienone is 1. The maximum absolute atomic E-state index is 13.9. The molecule has 5 rings (SSSR count). The summed E-state index contributed by atoms with van der Waals surface area (Å²) in [7, 11) is 1.92.